The van der Waals surface area contributed by atoms with Crippen molar-refractivity contribution in [1.82, 2.24) is 15.3 Å². The van der Waals surface area contributed by atoms with E-state index < -0.39 is 5.91 Å². The van der Waals surface area contributed by atoms with E-state index in [2.05, 4.69) is 20.3 Å². The number of pyridine rings is 2. The molecule has 0 saturated heterocycles. The van der Waals surface area contributed by atoms with Gasteiger partial charge in [0, 0.05) is 23.2 Å². The SMILES string of the molecule is Cc1cc2cc(N=C(N)NC(=O)c3ccc4cnccc4n3)ccc2o1. The number of hydrogen-bond acceptors (Lipinski definition) is 5. The average molecular weight is 345 g/mol. The zero-order valence-corrected chi connectivity index (χ0v) is 13.9. The van der Waals surface area contributed by atoms with E-state index in [0.29, 0.717) is 11.2 Å². The molecule has 0 spiro atoms. The molecule has 0 bridgehead atoms. The number of aryl methyl sites for hydroxylation is 1. The summed E-state index contributed by atoms with van der Waals surface area (Å²) in [6, 6.07) is 12.5. The minimum atomic E-state index is -0.426. The molecular weight excluding hydrogens is 330 g/mol. The van der Waals surface area contributed by atoms with Crippen molar-refractivity contribution in [3.8, 4) is 0 Å². The zero-order chi connectivity index (χ0) is 18.1. The number of hydrogen-bond donors (Lipinski definition) is 2. The molecule has 0 radical (unpaired) electrons. The Morgan fingerprint density at radius 2 is 2.04 bits per heavy atom. The molecule has 0 aliphatic carbocycles. The van der Waals surface area contributed by atoms with Crippen LogP contribution in [-0.4, -0.2) is 21.8 Å². The molecule has 4 rings (SSSR count). The highest BCUT2D eigenvalue weighted by molar-refractivity contribution is 6.05. The van der Waals surface area contributed by atoms with Crippen molar-refractivity contribution in [2.24, 2.45) is 10.7 Å². The molecule has 3 heterocycles. The molecule has 0 unspecified atom stereocenters. The van der Waals surface area contributed by atoms with E-state index in [4.69, 9.17) is 10.2 Å². The monoisotopic (exact) mass is 345 g/mol. The number of furan rings is 1. The van der Waals surface area contributed by atoms with Crippen LogP contribution in [0.15, 0.2) is 64.3 Å². The Bertz CT molecular complexity index is 1160. The molecule has 128 valence electrons. The van der Waals surface area contributed by atoms with Crippen molar-refractivity contribution < 1.29 is 9.21 Å². The Balaban J connectivity index is 1.55. The number of nitrogens with one attached hydrogen (secondary N) is 1. The van der Waals surface area contributed by atoms with Gasteiger partial charge in [0.25, 0.3) is 5.91 Å². The summed E-state index contributed by atoms with van der Waals surface area (Å²) in [4.78, 5) is 24.9. The van der Waals surface area contributed by atoms with Crippen molar-refractivity contribution in [3.63, 3.8) is 0 Å². The molecule has 0 saturated carbocycles. The lowest BCUT2D eigenvalue weighted by atomic mass is 10.2. The van der Waals surface area contributed by atoms with E-state index in [-0.39, 0.29) is 11.7 Å². The van der Waals surface area contributed by atoms with Crippen LogP contribution in [0.5, 0.6) is 0 Å². The minimum absolute atomic E-state index is 0.00816. The second kappa shape index (κ2) is 6.29. The first-order valence-electron chi connectivity index (χ1n) is 7.95. The average Bonchev–Trinajstić information content (AvgIpc) is 3.00. The van der Waals surface area contributed by atoms with E-state index in [0.717, 1.165) is 22.1 Å². The molecule has 3 N–H and O–H groups in total. The number of nitrogens with two attached hydrogens (primary N) is 1. The summed E-state index contributed by atoms with van der Waals surface area (Å²) in [6.07, 6.45) is 3.31. The molecule has 7 heteroatoms. The molecule has 0 aliphatic heterocycles. The van der Waals surface area contributed by atoms with Crippen LogP contribution >= 0.6 is 0 Å². The van der Waals surface area contributed by atoms with Crippen molar-refractivity contribution in [1.29, 1.82) is 0 Å². The van der Waals surface area contributed by atoms with Gasteiger partial charge in [0.2, 0.25) is 5.96 Å². The van der Waals surface area contributed by atoms with Crippen LogP contribution < -0.4 is 11.1 Å². The number of benzene rings is 1. The maximum Gasteiger partial charge on any atom is 0.276 e. The fourth-order valence-electron chi connectivity index (χ4n) is 2.67. The number of nitrogens with zero attached hydrogens (tertiary/aromatic N) is 3. The smallest absolute Gasteiger partial charge is 0.276 e. The van der Waals surface area contributed by atoms with E-state index in [1.807, 2.05) is 25.1 Å². The molecule has 1 aromatic carbocycles. The first kappa shape index (κ1) is 15.8. The molecule has 26 heavy (non-hydrogen) atoms. The first-order valence-corrected chi connectivity index (χ1v) is 7.95. The van der Waals surface area contributed by atoms with E-state index >= 15 is 0 Å². The van der Waals surface area contributed by atoms with Gasteiger partial charge in [-0.15, -0.1) is 0 Å². The molecule has 0 aliphatic rings. The van der Waals surface area contributed by atoms with Crippen LogP contribution in [0.2, 0.25) is 0 Å². The third kappa shape index (κ3) is 3.10. The number of fused-ring (bicyclic) bond motifs is 2. The first-order chi connectivity index (χ1) is 12.6. The Kier molecular flexibility index (Phi) is 3.81. The van der Waals surface area contributed by atoms with Crippen LogP contribution in [0.25, 0.3) is 21.9 Å². The number of amides is 1. The van der Waals surface area contributed by atoms with Gasteiger partial charge in [-0.2, -0.15) is 0 Å². The highest BCUT2D eigenvalue weighted by Gasteiger charge is 2.10. The van der Waals surface area contributed by atoms with E-state index in [1.165, 1.54) is 0 Å². The highest BCUT2D eigenvalue weighted by Crippen LogP contribution is 2.24. The summed E-state index contributed by atoms with van der Waals surface area (Å²) in [5, 5.41) is 4.33. The standard InChI is InChI=1S/C19H15N5O2/c1-11-8-13-9-14(3-5-17(13)26-11)22-19(20)24-18(25)16-4-2-12-10-21-7-6-15(12)23-16/h2-10H,1H3,(H3,20,22,24,25). The van der Waals surface area contributed by atoms with Crippen LogP contribution in [0.4, 0.5) is 5.69 Å². The summed E-state index contributed by atoms with van der Waals surface area (Å²) in [5.41, 5.74) is 8.20. The fourth-order valence-corrected chi connectivity index (χ4v) is 2.67. The fraction of sp³-hybridized carbons (Fsp3) is 0.0526. The van der Waals surface area contributed by atoms with Gasteiger partial charge in [-0.3, -0.25) is 15.1 Å². The lowest BCUT2D eigenvalue weighted by Crippen LogP contribution is -2.36. The van der Waals surface area contributed by atoms with Crippen molar-refractivity contribution >= 4 is 39.4 Å². The second-order valence-corrected chi connectivity index (χ2v) is 5.80. The molecule has 1 amide bonds. The molecular formula is C19H15N5O2. The van der Waals surface area contributed by atoms with Gasteiger partial charge in [0.05, 0.1) is 11.2 Å². The summed E-state index contributed by atoms with van der Waals surface area (Å²) >= 11 is 0. The predicted molar refractivity (Wildman–Crippen MR) is 99.2 cm³/mol. The summed E-state index contributed by atoms with van der Waals surface area (Å²) in [7, 11) is 0. The number of carbonyl (C=O) groups excluding carboxylic acids is 1. The topological polar surface area (TPSA) is 106 Å². The lowest BCUT2D eigenvalue weighted by molar-refractivity contribution is 0.0972. The Hall–Kier alpha value is -3.74. The van der Waals surface area contributed by atoms with E-state index in [9.17, 15) is 4.79 Å². The number of carbonyl (C=O) groups is 1. The van der Waals surface area contributed by atoms with Gasteiger partial charge in [-0.1, -0.05) is 0 Å². The van der Waals surface area contributed by atoms with Crippen LogP contribution in [-0.2, 0) is 0 Å². The number of aromatic nitrogens is 2. The second-order valence-electron chi connectivity index (χ2n) is 5.80. The molecule has 3 aromatic heterocycles. The molecule has 0 fully saturated rings. The molecule has 7 nitrogen and oxygen atoms in total. The van der Waals surface area contributed by atoms with Gasteiger partial charge < -0.3 is 10.2 Å². The van der Waals surface area contributed by atoms with Crippen molar-refractivity contribution in [2.75, 3.05) is 0 Å². The number of aliphatic imine (C=N–C) groups is 1. The van der Waals surface area contributed by atoms with Gasteiger partial charge in [0.1, 0.15) is 17.0 Å². The molecule has 0 atom stereocenters. The van der Waals surface area contributed by atoms with E-state index in [1.54, 1.807) is 36.7 Å². The normalized spacial score (nSPS) is 11.8. The predicted octanol–water partition coefficient (Wildman–Crippen LogP) is 3.06. The number of guanidine groups is 1. The maximum absolute atomic E-state index is 12.3. The summed E-state index contributed by atoms with van der Waals surface area (Å²) < 4.78 is 5.52. The van der Waals surface area contributed by atoms with Gasteiger partial charge in [0.15, 0.2) is 0 Å². The van der Waals surface area contributed by atoms with Crippen molar-refractivity contribution in [3.05, 3.63) is 66.3 Å². The van der Waals surface area contributed by atoms with Crippen LogP contribution in [0.3, 0.4) is 0 Å². The Morgan fingerprint density at radius 3 is 2.92 bits per heavy atom. The van der Waals surface area contributed by atoms with Crippen molar-refractivity contribution in [2.45, 2.75) is 6.92 Å². The van der Waals surface area contributed by atoms with Gasteiger partial charge in [-0.25, -0.2) is 9.98 Å². The zero-order valence-electron chi connectivity index (χ0n) is 13.9. The van der Waals surface area contributed by atoms with Crippen LogP contribution in [0, 0.1) is 6.92 Å². The minimum Gasteiger partial charge on any atom is -0.461 e. The largest absolute Gasteiger partial charge is 0.461 e. The Labute approximate surface area is 148 Å². The third-order valence-corrected chi connectivity index (χ3v) is 3.84. The summed E-state index contributed by atoms with van der Waals surface area (Å²) in [6.45, 7) is 1.88. The number of rotatable bonds is 2. The van der Waals surface area contributed by atoms with Crippen LogP contribution in [0.1, 0.15) is 16.2 Å². The Morgan fingerprint density at radius 1 is 1.15 bits per heavy atom. The quantitative estimate of drug-likeness (QED) is 0.429. The molecule has 4 aromatic rings. The third-order valence-electron chi connectivity index (χ3n) is 3.84. The summed E-state index contributed by atoms with van der Waals surface area (Å²) in [5.74, 6) is 0.386. The maximum atomic E-state index is 12.3. The lowest BCUT2D eigenvalue weighted by Gasteiger charge is -2.05. The van der Waals surface area contributed by atoms with Gasteiger partial charge in [-0.05, 0) is 49.4 Å². The van der Waals surface area contributed by atoms with Gasteiger partial charge >= 0.3 is 0 Å². The highest BCUT2D eigenvalue weighted by atomic mass is 16.3.